The number of carboxylic acids is 1. The molecular weight excluding hydrogens is 316 g/mol. The number of hydrogen-bond acceptors (Lipinski definition) is 6. The third-order valence-corrected chi connectivity index (χ3v) is 3.54. The van der Waals surface area contributed by atoms with E-state index in [0.717, 1.165) is 0 Å². The Morgan fingerprint density at radius 3 is 2.46 bits per heavy atom. The molecule has 0 saturated heterocycles. The zero-order valence-electron chi connectivity index (χ0n) is 12.4. The zero-order chi connectivity index (χ0) is 17.3. The van der Waals surface area contributed by atoms with Crippen LogP contribution in [0.2, 0.25) is 0 Å². The van der Waals surface area contributed by atoms with Crippen molar-refractivity contribution in [1.29, 1.82) is 0 Å². The molecule has 1 atom stereocenters. The first-order valence-electron chi connectivity index (χ1n) is 7.15. The molecule has 1 heterocycles. The van der Waals surface area contributed by atoms with Gasteiger partial charge in [0, 0.05) is 0 Å². The summed E-state index contributed by atoms with van der Waals surface area (Å²) in [5.74, 6) is -0.803. The molecule has 0 aliphatic carbocycles. The summed E-state index contributed by atoms with van der Waals surface area (Å²) in [7, 11) is 0. The van der Waals surface area contributed by atoms with Gasteiger partial charge in [-0.05, 0) is 36.4 Å². The van der Waals surface area contributed by atoms with Crippen molar-refractivity contribution in [2.75, 3.05) is 13.2 Å². The summed E-state index contributed by atoms with van der Waals surface area (Å²) in [5, 5.41) is 27.5. The molecule has 0 bridgehead atoms. The molecule has 0 radical (unpaired) electrons. The van der Waals surface area contributed by atoms with Crippen LogP contribution in [0.5, 0.6) is 5.75 Å². The van der Waals surface area contributed by atoms with E-state index in [4.69, 9.17) is 19.4 Å². The largest absolute Gasteiger partial charge is 0.491 e. The quantitative estimate of drug-likeness (QED) is 0.605. The molecule has 7 heteroatoms. The van der Waals surface area contributed by atoms with Gasteiger partial charge in [-0.15, -0.1) is 0 Å². The van der Waals surface area contributed by atoms with Gasteiger partial charge in [0.2, 0.25) is 5.43 Å². The van der Waals surface area contributed by atoms with E-state index in [1.54, 1.807) is 12.1 Å². The van der Waals surface area contributed by atoms with Crippen LogP contribution in [0.4, 0.5) is 0 Å². The SMILES string of the molecule is O=C(O)c1ccc2oc3ccc(OCC(O)CO)cc3c(=O)c2c1. The highest BCUT2D eigenvalue weighted by atomic mass is 16.5. The zero-order valence-corrected chi connectivity index (χ0v) is 12.4. The van der Waals surface area contributed by atoms with E-state index >= 15 is 0 Å². The predicted molar refractivity (Wildman–Crippen MR) is 85.5 cm³/mol. The van der Waals surface area contributed by atoms with Crippen LogP contribution in [-0.4, -0.2) is 40.6 Å². The van der Waals surface area contributed by atoms with E-state index in [0.29, 0.717) is 16.9 Å². The highest BCUT2D eigenvalue weighted by Gasteiger charge is 2.12. The van der Waals surface area contributed by atoms with Gasteiger partial charge in [-0.2, -0.15) is 0 Å². The Labute approximate surface area is 135 Å². The fraction of sp³-hybridized carbons (Fsp3) is 0.176. The summed E-state index contributed by atoms with van der Waals surface area (Å²) >= 11 is 0. The molecule has 0 amide bonds. The molecule has 1 unspecified atom stereocenters. The molecule has 3 rings (SSSR count). The van der Waals surface area contributed by atoms with E-state index in [9.17, 15) is 14.7 Å². The highest BCUT2D eigenvalue weighted by molar-refractivity contribution is 5.96. The third kappa shape index (κ3) is 2.94. The second-order valence-corrected chi connectivity index (χ2v) is 5.25. The van der Waals surface area contributed by atoms with E-state index in [1.807, 2.05) is 0 Å². The van der Waals surface area contributed by atoms with Crippen molar-refractivity contribution >= 4 is 27.9 Å². The van der Waals surface area contributed by atoms with Crippen molar-refractivity contribution in [2.24, 2.45) is 0 Å². The molecular formula is C17H14O7. The molecule has 0 spiro atoms. The molecule has 3 aromatic rings. The van der Waals surface area contributed by atoms with Crippen LogP contribution < -0.4 is 10.2 Å². The predicted octanol–water partition coefficient (Wildman–Crippen LogP) is 1.38. The maximum absolute atomic E-state index is 12.6. The van der Waals surface area contributed by atoms with Crippen LogP contribution in [0, 0.1) is 0 Å². The number of carbonyl (C=O) groups is 1. The average molecular weight is 330 g/mol. The van der Waals surface area contributed by atoms with Crippen LogP contribution in [0.15, 0.2) is 45.6 Å². The first-order valence-corrected chi connectivity index (χ1v) is 7.15. The minimum Gasteiger partial charge on any atom is -0.491 e. The number of aromatic carboxylic acids is 1. The Bertz CT molecular complexity index is 974. The minimum absolute atomic E-state index is 0.00683. The van der Waals surface area contributed by atoms with Crippen molar-refractivity contribution in [3.63, 3.8) is 0 Å². The summed E-state index contributed by atoms with van der Waals surface area (Å²) in [4.78, 5) is 23.7. The van der Waals surface area contributed by atoms with Gasteiger partial charge < -0.3 is 24.5 Å². The number of ether oxygens (including phenoxy) is 1. The van der Waals surface area contributed by atoms with E-state index in [2.05, 4.69) is 0 Å². The molecule has 24 heavy (non-hydrogen) atoms. The minimum atomic E-state index is -1.13. The number of aliphatic hydroxyl groups is 2. The molecule has 7 nitrogen and oxygen atoms in total. The van der Waals surface area contributed by atoms with E-state index in [1.165, 1.54) is 24.3 Å². The van der Waals surface area contributed by atoms with Gasteiger partial charge in [0.1, 0.15) is 29.6 Å². The molecule has 0 saturated carbocycles. The van der Waals surface area contributed by atoms with Gasteiger partial charge in [0.15, 0.2) is 0 Å². The van der Waals surface area contributed by atoms with Crippen molar-refractivity contribution < 1.29 is 29.3 Å². The summed E-state index contributed by atoms with van der Waals surface area (Å²) in [6, 6.07) is 8.67. The van der Waals surface area contributed by atoms with E-state index in [-0.39, 0.29) is 28.4 Å². The maximum atomic E-state index is 12.6. The number of rotatable bonds is 5. The third-order valence-electron chi connectivity index (χ3n) is 3.54. The number of benzene rings is 2. The lowest BCUT2D eigenvalue weighted by atomic mass is 10.1. The van der Waals surface area contributed by atoms with Crippen molar-refractivity contribution in [3.05, 3.63) is 52.2 Å². The summed E-state index contributed by atoms with van der Waals surface area (Å²) in [6.45, 7) is -0.553. The molecule has 0 fully saturated rings. The molecule has 124 valence electrons. The molecule has 2 aromatic carbocycles. The summed E-state index contributed by atoms with van der Waals surface area (Å²) < 4.78 is 10.9. The van der Waals surface area contributed by atoms with Crippen LogP contribution in [0.1, 0.15) is 10.4 Å². The Balaban J connectivity index is 2.10. The molecule has 0 aliphatic heterocycles. The Kier molecular flexibility index (Phi) is 4.20. The van der Waals surface area contributed by atoms with Crippen LogP contribution >= 0.6 is 0 Å². The van der Waals surface area contributed by atoms with Crippen molar-refractivity contribution in [2.45, 2.75) is 6.10 Å². The lowest BCUT2D eigenvalue weighted by Gasteiger charge is -2.10. The fourth-order valence-corrected chi connectivity index (χ4v) is 2.30. The summed E-state index contributed by atoms with van der Waals surface area (Å²) in [6.07, 6.45) is -1.02. The lowest BCUT2D eigenvalue weighted by Crippen LogP contribution is -2.21. The lowest BCUT2D eigenvalue weighted by molar-refractivity contribution is 0.0536. The number of fused-ring (bicyclic) bond motifs is 2. The molecule has 0 aliphatic rings. The van der Waals surface area contributed by atoms with Crippen LogP contribution in [-0.2, 0) is 0 Å². The fourth-order valence-electron chi connectivity index (χ4n) is 2.30. The topological polar surface area (TPSA) is 117 Å². The Hall–Kier alpha value is -2.90. The summed E-state index contributed by atoms with van der Waals surface area (Å²) in [5.41, 5.74) is 0.252. The van der Waals surface area contributed by atoms with Gasteiger partial charge in [-0.3, -0.25) is 4.79 Å². The van der Waals surface area contributed by atoms with Gasteiger partial charge in [-0.25, -0.2) is 4.79 Å². The Morgan fingerprint density at radius 1 is 1.12 bits per heavy atom. The smallest absolute Gasteiger partial charge is 0.335 e. The van der Waals surface area contributed by atoms with Crippen LogP contribution in [0.25, 0.3) is 21.9 Å². The number of aliphatic hydroxyl groups excluding tert-OH is 2. The van der Waals surface area contributed by atoms with Gasteiger partial charge in [0.05, 0.1) is 22.9 Å². The number of hydrogen-bond donors (Lipinski definition) is 3. The Morgan fingerprint density at radius 2 is 1.79 bits per heavy atom. The molecule has 3 N–H and O–H groups in total. The normalized spacial score (nSPS) is 12.4. The van der Waals surface area contributed by atoms with Crippen molar-refractivity contribution in [3.8, 4) is 5.75 Å². The second-order valence-electron chi connectivity index (χ2n) is 5.25. The second kappa shape index (κ2) is 6.31. The first-order chi connectivity index (χ1) is 11.5. The molecule has 1 aromatic heterocycles. The standard InChI is InChI=1S/C17H14O7/c18-7-10(19)8-23-11-2-4-15-13(6-11)16(20)12-5-9(17(21)22)1-3-14(12)24-15/h1-6,10,18-19H,7-8H2,(H,21,22). The van der Waals surface area contributed by atoms with Gasteiger partial charge in [-0.1, -0.05) is 0 Å². The highest BCUT2D eigenvalue weighted by Crippen LogP contribution is 2.23. The maximum Gasteiger partial charge on any atom is 0.335 e. The number of carboxylic acid groups (broad SMARTS) is 1. The van der Waals surface area contributed by atoms with E-state index < -0.39 is 18.7 Å². The average Bonchev–Trinajstić information content (AvgIpc) is 2.59. The van der Waals surface area contributed by atoms with Gasteiger partial charge in [0.25, 0.3) is 0 Å². The van der Waals surface area contributed by atoms with Gasteiger partial charge >= 0.3 is 5.97 Å². The van der Waals surface area contributed by atoms with Crippen molar-refractivity contribution in [1.82, 2.24) is 0 Å². The monoisotopic (exact) mass is 330 g/mol. The first kappa shape index (κ1) is 16.0. The van der Waals surface area contributed by atoms with Crippen LogP contribution in [0.3, 0.4) is 0 Å².